The summed E-state index contributed by atoms with van der Waals surface area (Å²) in [7, 11) is 0. The number of nitrogens with one attached hydrogen (secondary N) is 1. The zero-order chi connectivity index (χ0) is 10.3. The Hall–Kier alpha value is -1.29. The van der Waals surface area contributed by atoms with Crippen molar-refractivity contribution < 1.29 is 13.9 Å². The highest BCUT2D eigenvalue weighted by atomic mass is 19.1. The molecule has 1 aromatic carbocycles. The predicted molar refractivity (Wildman–Crippen MR) is 52.5 cm³/mol. The standard InChI is InChI=1S/C11H12FNO2/c12-8-5-11-10(14-6-15-11)4-7(8)9-2-1-3-13-9/h4-5,9,13H,1-3,6H2. The van der Waals surface area contributed by atoms with Gasteiger partial charge in [-0.2, -0.15) is 0 Å². The van der Waals surface area contributed by atoms with Crippen molar-refractivity contribution in [2.75, 3.05) is 13.3 Å². The Bertz CT molecular complexity index is 388. The molecule has 1 unspecified atom stereocenters. The molecule has 0 bridgehead atoms. The molecule has 2 aliphatic heterocycles. The molecule has 0 radical (unpaired) electrons. The molecule has 15 heavy (non-hydrogen) atoms. The maximum absolute atomic E-state index is 13.7. The van der Waals surface area contributed by atoms with Gasteiger partial charge in [0.25, 0.3) is 0 Å². The van der Waals surface area contributed by atoms with Crippen LogP contribution in [0.3, 0.4) is 0 Å². The van der Waals surface area contributed by atoms with Crippen LogP contribution in [0.4, 0.5) is 4.39 Å². The molecule has 1 aromatic rings. The normalized spacial score (nSPS) is 23.4. The van der Waals surface area contributed by atoms with Crippen molar-refractivity contribution in [3.05, 3.63) is 23.5 Å². The Morgan fingerprint density at radius 1 is 1.27 bits per heavy atom. The van der Waals surface area contributed by atoms with E-state index in [-0.39, 0.29) is 18.7 Å². The minimum atomic E-state index is -0.210. The van der Waals surface area contributed by atoms with Crippen LogP contribution < -0.4 is 14.8 Å². The number of rotatable bonds is 1. The maximum Gasteiger partial charge on any atom is 0.231 e. The van der Waals surface area contributed by atoms with Crippen LogP contribution in [0.25, 0.3) is 0 Å². The van der Waals surface area contributed by atoms with Crippen molar-refractivity contribution in [1.82, 2.24) is 5.32 Å². The first-order valence-corrected chi connectivity index (χ1v) is 5.17. The zero-order valence-electron chi connectivity index (χ0n) is 8.25. The molecule has 0 aliphatic carbocycles. The summed E-state index contributed by atoms with van der Waals surface area (Å²) >= 11 is 0. The van der Waals surface area contributed by atoms with E-state index in [0.717, 1.165) is 19.4 Å². The second-order valence-corrected chi connectivity index (χ2v) is 3.88. The highest BCUT2D eigenvalue weighted by Gasteiger charge is 2.24. The molecule has 0 amide bonds. The third-order valence-corrected chi connectivity index (χ3v) is 2.93. The summed E-state index contributed by atoms with van der Waals surface area (Å²) in [6.45, 7) is 1.15. The van der Waals surface area contributed by atoms with Crippen LogP contribution in [-0.2, 0) is 0 Å². The van der Waals surface area contributed by atoms with Crippen LogP contribution in [0, 0.1) is 5.82 Å². The van der Waals surface area contributed by atoms with Crippen LogP contribution in [0.5, 0.6) is 11.5 Å². The highest BCUT2D eigenvalue weighted by molar-refractivity contribution is 5.46. The van der Waals surface area contributed by atoms with Gasteiger partial charge >= 0.3 is 0 Å². The Morgan fingerprint density at radius 3 is 2.80 bits per heavy atom. The average Bonchev–Trinajstić information content (AvgIpc) is 2.85. The quantitative estimate of drug-likeness (QED) is 0.767. The van der Waals surface area contributed by atoms with Crippen LogP contribution >= 0.6 is 0 Å². The number of benzene rings is 1. The molecule has 80 valence electrons. The van der Waals surface area contributed by atoms with E-state index in [9.17, 15) is 4.39 Å². The van der Waals surface area contributed by atoms with Crippen LogP contribution in [0.15, 0.2) is 12.1 Å². The lowest BCUT2D eigenvalue weighted by Crippen LogP contribution is -2.14. The predicted octanol–water partition coefficient (Wildman–Crippen LogP) is 1.98. The van der Waals surface area contributed by atoms with Gasteiger partial charge in [0.2, 0.25) is 6.79 Å². The smallest absolute Gasteiger partial charge is 0.231 e. The van der Waals surface area contributed by atoms with Gasteiger partial charge < -0.3 is 14.8 Å². The van der Waals surface area contributed by atoms with Crippen molar-refractivity contribution >= 4 is 0 Å². The van der Waals surface area contributed by atoms with Crippen molar-refractivity contribution in [2.24, 2.45) is 0 Å². The van der Waals surface area contributed by atoms with Crippen LogP contribution in [0.2, 0.25) is 0 Å². The van der Waals surface area contributed by atoms with Gasteiger partial charge in [-0.15, -0.1) is 0 Å². The second-order valence-electron chi connectivity index (χ2n) is 3.88. The summed E-state index contributed by atoms with van der Waals surface area (Å²) in [6.07, 6.45) is 2.08. The van der Waals surface area contributed by atoms with Gasteiger partial charge in [-0.1, -0.05) is 0 Å². The van der Waals surface area contributed by atoms with Crippen molar-refractivity contribution in [3.63, 3.8) is 0 Å². The van der Waals surface area contributed by atoms with Gasteiger partial charge in [0, 0.05) is 17.7 Å². The van der Waals surface area contributed by atoms with Gasteiger partial charge in [0.15, 0.2) is 11.5 Å². The second kappa shape index (κ2) is 3.38. The van der Waals surface area contributed by atoms with E-state index in [0.29, 0.717) is 17.1 Å². The molecule has 1 N–H and O–H groups in total. The lowest BCUT2D eigenvalue weighted by atomic mass is 10.0. The Morgan fingerprint density at radius 2 is 2.07 bits per heavy atom. The largest absolute Gasteiger partial charge is 0.454 e. The van der Waals surface area contributed by atoms with E-state index in [1.165, 1.54) is 6.07 Å². The van der Waals surface area contributed by atoms with Crippen molar-refractivity contribution in [2.45, 2.75) is 18.9 Å². The summed E-state index contributed by atoms with van der Waals surface area (Å²) in [5, 5.41) is 3.27. The molecule has 1 atom stereocenters. The number of ether oxygens (including phenoxy) is 2. The maximum atomic E-state index is 13.7. The van der Waals surface area contributed by atoms with Gasteiger partial charge in [0.05, 0.1) is 0 Å². The summed E-state index contributed by atoms with van der Waals surface area (Å²) in [5.41, 5.74) is 0.691. The van der Waals surface area contributed by atoms with Gasteiger partial charge in [0.1, 0.15) is 5.82 Å². The van der Waals surface area contributed by atoms with E-state index in [4.69, 9.17) is 9.47 Å². The molecule has 3 nitrogen and oxygen atoms in total. The topological polar surface area (TPSA) is 30.5 Å². The molecule has 0 spiro atoms. The minimum Gasteiger partial charge on any atom is -0.454 e. The molecular formula is C11H12FNO2. The first-order chi connectivity index (χ1) is 7.34. The summed E-state index contributed by atoms with van der Waals surface area (Å²) < 4.78 is 24.1. The van der Waals surface area contributed by atoms with Crippen molar-refractivity contribution in [3.8, 4) is 11.5 Å². The number of fused-ring (bicyclic) bond motifs is 1. The first-order valence-electron chi connectivity index (χ1n) is 5.17. The third-order valence-electron chi connectivity index (χ3n) is 2.93. The van der Waals surface area contributed by atoms with E-state index < -0.39 is 0 Å². The SMILES string of the molecule is Fc1cc2c(cc1C1CCCN1)OCO2. The molecule has 4 heteroatoms. The van der Waals surface area contributed by atoms with Crippen LogP contribution in [0.1, 0.15) is 24.4 Å². The fourth-order valence-electron chi connectivity index (χ4n) is 2.15. The van der Waals surface area contributed by atoms with Crippen LogP contribution in [-0.4, -0.2) is 13.3 Å². The average molecular weight is 209 g/mol. The fourth-order valence-corrected chi connectivity index (χ4v) is 2.15. The molecule has 3 rings (SSSR count). The van der Waals surface area contributed by atoms with Gasteiger partial charge in [-0.25, -0.2) is 4.39 Å². The summed E-state index contributed by atoms with van der Waals surface area (Å²) in [4.78, 5) is 0. The zero-order valence-corrected chi connectivity index (χ0v) is 8.25. The fraction of sp³-hybridized carbons (Fsp3) is 0.455. The monoisotopic (exact) mass is 209 g/mol. The van der Waals surface area contributed by atoms with E-state index in [2.05, 4.69) is 5.32 Å². The van der Waals surface area contributed by atoms with E-state index >= 15 is 0 Å². The Kier molecular flexibility index (Phi) is 2.02. The molecule has 1 fully saturated rings. The molecule has 2 aliphatic rings. The number of hydrogen-bond donors (Lipinski definition) is 1. The lowest BCUT2D eigenvalue weighted by Gasteiger charge is -2.12. The molecule has 0 saturated carbocycles. The highest BCUT2D eigenvalue weighted by Crippen LogP contribution is 2.37. The third kappa shape index (κ3) is 1.45. The van der Waals surface area contributed by atoms with E-state index in [1.54, 1.807) is 6.07 Å². The molecule has 0 aromatic heterocycles. The first kappa shape index (κ1) is 8.97. The molecule has 2 heterocycles. The number of hydrogen-bond acceptors (Lipinski definition) is 3. The molecule has 1 saturated heterocycles. The lowest BCUT2D eigenvalue weighted by molar-refractivity contribution is 0.174. The van der Waals surface area contributed by atoms with E-state index in [1.807, 2.05) is 0 Å². The van der Waals surface area contributed by atoms with Crippen molar-refractivity contribution in [1.29, 1.82) is 0 Å². The minimum absolute atomic E-state index is 0.125. The van der Waals surface area contributed by atoms with Gasteiger partial charge in [-0.3, -0.25) is 0 Å². The summed E-state index contributed by atoms with van der Waals surface area (Å²) in [5.74, 6) is 0.952. The van der Waals surface area contributed by atoms with Gasteiger partial charge in [-0.05, 0) is 25.5 Å². The Labute approximate surface area is 87.2 Å². The summed E-state index contributed by atoms with van der Waals surface area (Å²) in [6, 6.07) is 3.29. The Balaban J connectivity index is 2.00. The molecular weight excluding hydrogens is 197 g/mol. The number of halogens is 1.